The van der Waals surface area contributed by atoms with E-state index < -0.39 is 11.4 Å². The fourth-order valence-corrected chi connectivity index (χ4v) is 3.46. The van der Waals surface area contributed by atoms with Crippen LogP contribution in [0.15, 0.2) is 57.7 Å². The number of amides is 1. The molecule has 0 unspecified atom stereocenters. The van der Waals surface area contributed by atoms with Crippen LogP contribution < -0.4 is 16.3 Å². The van der Waals surface area contributed by atoms with Crippen LogP contribution >= 0.6 is 0 Å². The van der Waals surface area contributed by atoms with Crippen molar-refractivity contribution in [1.29, 1.82) is 0 Å². The SMILES string of the molecule is CN1CCN(CC(=O)Nc2ccc(Nc3cc(=O)oc4ccccc34)cc2F)CC1. The molecule has 0 atom stereocenters. The van der Waals surface area contributed by atoms with E-state index in [1.807, 2.05) is 19.2 Å². The lowest BCUT2D eigenvalue weighted by atomic mass is 10.2. The first kappa shape index (κ1) is 20.1. The summed E-state index contributed by atoms with van der Waals surface area (Å²) < 4.78 is 19.8. The minimum Gasteiger partial charge on any atom is -0.423 e. The van der Waals surface area contributed by atoms with Crippen molar-refractivity contribution in [1.82, 2.24) is 9.80 Å². The second-order valence-corrected chi connectivity index (χ2v) is 7.42. The third-order valence-electron chi connectivity index (χ3n) is 5.14. The van der Waals surface area contributed by atoms with Gasteiger partial charge >= 0.3 is 5.63 Å². The molecule has 0 saturated carbocycles. The van der Waals surface area contributed by atoms with Crippen molar-refractivity contribution in [2.45, 2.75) is 0 Å². The molecule has 1 aromatic heterocycles. The van der Waals surface area contributed by atoms with Gasteiger partial charge in [-0.15, -0.1) is 0 Å². The maximum Gasteiger partial charge on any atom is 0.338 e. The number of rotatable bonds is 5. The summed E-state index contributed by atoms with van der Waals surface area (Å²) in [7, 11) is 2.05. The number of piperazine rings is 1. The molecule has 3 aromatic rings. The van der Waals surface area contributed by atoms with Gasteiger partial charge in [0.1, 0.15) is 11.4 Å². The highest BCUT2D eigenvalue weighted by atomic mass is 19.1. The first-order valence-electron chi connectivity index (χ1n) is 9.78. The number of para-hydroxylation sites is 1. The van der Waals surface area contributed by atoms with Crippen molar-refractivity contribution in [2.75, 3.05) is 50.4 Å². The quantitative estimate of drug-likeness (QED) is 0.630. The van der Waals surface area contributed by atoms with Crippen molar-refractivity contribution in [2.24, 2.45) is 0 Å². The number of fused-ring (bicyclic) bond motifs is 1. The molecule has 7 nitrogen and oxygen atoms in total. The Labute approximate surface area is 173 Å². The second-order valence-electron chi connectivity index (χ2n) is 7.42. The van der Waals surface area contributed by atoms with Crippen LogP contribution in [0.2, 0.25) is 0 Å². The number of benzene rings is 2. The Hall–Kier alpha value is -3.23. The monoisotopic (exact) mass is 410 g/mol. The molecule has 4 rings (SSSR count). The molecule has 1 fully saturated rings. The highest BCUT2D eigenvalue weighted by Crippen LogP contribution is 2.26. The minimum atomic E-state index is -0.556. The Morgan fingerprint density at radius 3 is 2.60 bits per heavy atom. The molecular formula is C22H23FN4O3. The van der Waals surface area contributed by atoms with E-state index in [1.54, 1.807) is 18.2 Å². The second kappa shape index (κ2) is 8.64. The fourth-order valence-electron chi connectivity index (χ4n) is 3.46. The molecule has 1 aliphatic heterocycles. The van der Waals surface area contributed by atoms with Gasteiger partial charge in [-0.1, -0.05) is 12.1 Å². The number of likely N-dealkylation sites (N-methyl/N-ethyl adjacent to an activating group) is 1. The molecule has 2 heterocycles. The Bertz CT molecular complexity index is 1120. The lowest BCUT2D eigenvalue weighted by molar-refractivity contribution is -0.117. The Kier molecular flexibility index (Phi) is 5.78. The number of hydrogen-bond donors (Lipinski definition) is 2. The van der Waals surface area contributed by atoms with E-state index >= 15 is 0 Å². The van der Waals surface area contributed by atoms with Gasteiger partial charge in [-0.05, 0) is 37.4 Å². The molecule has 2 aromatic carbocycles. The van der Waals surface area contributed by atoms with Crippen molar-refractivity contribution in [3.63, 3.8) is 0 Å². The molecular weight excluding hydrogens is 387 g/mol. The molecule has 30 heavy (non-hydrogen) atoms. The smallest absolute Gasteiger partial charge is 0.338 e. The number of nitrogens with one attached hydrogen (secondary N) is 2. The van der Waals surface area contributed by atoms with Gasteiger partial charge in [0.05, 0.1) is 17.9 Å². The maximum atomic E-state index is 14.6. The van der Waals surface area contributed by atoms with Crippen LogP contribution in [-0.2, 0) is 4.79 Å². The van der Waals surface area contributed by atoms with Crippen LogP contribution in [0.25, 0.3) is 11.0 Å². The predicted molar refractivity (Wildman–Crippen MR) is 115 cm³/mol. The molecule has 0 spiro atoms. The summed E-state index contributed by atoms with van der Waals surface area (Å²) in [4.78, 5) is 28.3. The number of nitrogens with zero attached hydrogens (tertiary/aromatic N) is 2. The van der Waals surface area contributed by atoms with E-state index in [1.165, 1.54) is 18.2 Å². The third kappa shape index (κ3) is 4.67. The van der Waals surface area contributed by atoms with Gasteiger partial charge in [0.2, 0.25) is 5.91 Å². The summed E-state index contributed by atoms with van der Waals surface area (Å²) in [5.41, 5.74) is 1.05. The highest BCUT2D eigenvalue weighted by Gasteiger charge is 2.17. The van der Waals surface area contributed by atoms with Crippen LogP contribution in [-0.4, -0.2) is 55.5 Å². The number of halogens is 1. The topological polar surface area (TPSA) is 77.8 Å². The van der Waals surface area contributed by atoms with E-state index in [4.69, 9.17) is 4.42 Å². The maximum absolute atomic E-state index is 14.6. The van der Waals surface area contributed by atoms with E-state index in [-0.39, 0.29) is 18.1 Å². The summed E-state index contributed by atoms with van der Waals surface area (Å²) in [5, 5.41) is 6.40. The fraction of sp³-hybridized carbons (Fsp3) is 0.273. The molecule has 1 amide bonds. The van der Waals surface area contributed by atoms with Crippen LogP contribution in [0, 0.1) is 5.82 Å². The van der Waals surface area contributed by atoms with Crippen molar-refractivity contribution >= 4 is 33.9 Å². The Balaban J connectivity index is 1.45. The molecule has 8 heteroatoms. The molecule has 1 aliphatic rings. The molecule has 1 saturated heterocycles. The largest absolute Gasteiger partial charge is 0.423 e. The van der Waals surface area contributed by atoms with Gasteiger partial charge in [-0.2, -0.15) is 0 Å². The van der Waals surface area contributed by atoms with Crippen molar-refractivity contribution < 1.29 is 13.6 Å². The standard InChI is InChI=1S/C22H23FN4O3/c1-26-8-10-27(11-9-26)14-21(28)25-18-7-6-15(12-17(18)23)24-19-13-22(29)30-20-5-3-2-4-16(19)20/h2-7,12-13,24H,8-11,14H2,1H3,(H,25,28). The molecule has 0 bridgehead atoms. The summed E-state index contributed by atoms with van der Waals surface area (Å²) >= 11 is 0. The van der Waals surface area contributed by atoms with Crippen molar-refractivity contribution in [3.05, 3.63) is 64.8 Å². The molecule has 2 N–H and O–H groups in total. The lowest BCUT2D eigenvalue weighted by Crippen LogP contribution is -2.47. The van der Waals surface area contributed by atoms with Crippen LogP contribution in [0.5, 0.6) is 0 Å². The van der Waals surface area contributed by atoms with Gasteiger partial charge in [0, 0.05) is 43.3 Å². The van der Waals surface area contributed by atoms with Gasteiger partial charge < -0.3 is 20.0 Å². The van der Waals surface area contributed by atoms with E-state index in [0.717, 1.165) is 26.2 Å². The summed E-state index contributed by atoms with van der Waals surface area (Å²) in [5.74, 6) is -0.801. The predicted octanol–water partition coefficient (Wildman–Crippen LogP) is 2.86. The molecule has 0 aliphatic carbocycles. The van der Waals surface area contributed by atoms with Gasteiger partial charge in [-0.3, -0.25) is 9.69 Å². The normalized spacial score (nSPS) is 15.3. The van der Waals surface area contributed by atoms with Crippen LogP contribution in [0.3, 0.4) is 0 Å². The Morgan fingerprint density at radius 2 is 1.83 bits per heavy atom. The molecule has 156 valence electrons. The Morgan fingerprint density at radius 1 is 1.07 bits per heavy atom. The lowest BCUT2D eigenvalue weighted by Gasteiger charge is -2.31. The molecule has 0 radical (unpaired) electrons. The average Bonchev–Trinajstić information content (AvgIpc) is 2.72. The zero-order valence-corrected chi connectivity index (χ0v) is 16.7. The third-order valence-corrected chi connectivity index (χ3v) is 5.14. The van der Waals surface area contributed by atoms with E-state index in [9.17, 15) is 14.0 Å². The highest BCUT2D eigenvalue weighted by molar-refractivity contribution is 5.93. The number of hydrogen-bond acceptors (Lipinski definition) is 6. The number of carbonyl (C=O) groups excluding carboxylic acids is 1. The van der Waals surface area contributed by atoms with Crippen LogP contribution in [0.4, 0.5) is 21.5 Å². The summed E-state index contributed by atoms with van der Waals surface area (Å²) in [6.45, 7) is 3.69. The average molecular weight is 410 g/mol. The zero-order valence-electron chi connectivity index (χ0n) is 16.7. The van der Waals surface area contributed by atoms with Gasteiger partial charge in [-0.25, -0.2) is 9.18 Å². The summed E-state index contributed by atoms with van der Waals surface area (Å²) in [6.07, 6.45) is 0. The van der Waals surface area contributed by atoms with Crippen molar-refractivity contribution in [3.8, 4) is 0 Å². The van der Waals surface area contributed by atoms with E-state index in [0.29, 0.717) is 22.3 Å². The first-order chi connectivity index (χ1) is 14.5. The number of carbonyl (C=O) groups is 1. The van der Waals surface area contributed by atoms with E-state index in [2.05, 4.69) is 20.4 Å². The minimum absolute atomic E-state index is 0.122. The summed E-state index contributed by atoms with van der Waals surface area (Å²) in [6, 6.07) is 12.9. The number of anilines is 3. The zero-order chi connectivity index (χ0) is 21.1. The first-order valence-corrected chi connectivity index (χ1v) is 9.78. The van der Waals surface area contributed by atoms with Gasteiger partial charge in [0.25, 0.3) is 0 Å². The van der Waals surface area contributed by atoms with Gasteiger partial charge in [0.15, 0.2) is 0 Å². The van der Waals surface area contributed by atoms with Crippen LogP contribution in [0.1, 0.15) is 0 Å².